The molecule has 6 nitrogen and oxygen atoms in total. The molecule has 0 aliphatic rings. The number of carbonyl (C=O) groups is 1. The maximum Gasteiger partial charge on any atom is 0.262 e. The molecule has 3 rings (SSSR count). The predicted molar refractivity (Wildman–Crippen MR) is 111 cm³/mol. The minimum atomic E-state index is -0.667. The largest absolute Gasteiger partial charge is 0.392 e. The second-order valence-electron chi connectivity index (χ2n) is 6.32. The lowest BCUT2D eigenvalue weighted by molar-refractivity contribution is 0.102. The first-order valence-corrected chi connectivity index (χ1v) is 8.97. The van der Waals surface area contributed by atoms with Crippen molar-refractivity contribution in [3.8, 4) is 11.1 Å². The average molecular weight is 392 g/mol. The highest BCUT2D eigenvalue weighted by Gasteiger charge is 2.21. The Kier molecular flexibility index (Phi) is 6.19. The van der Waals surface area contributed by atoms with Crippen LogP contribution in [-0.4, -0.2) is 28.5 Å². The molecule has 2 aromatic carbocycles. The molecule has 0 bridgehead atoms. The third-order valence-corrected chi connectivity index (χ3v) is 4.24. The highest BCUT2D eigenvalue weighted by molar-refractivity contribution is 6.07. The van der Waals surface area contributed by atoms with E-state index in [9.17, 15) is 9.18 Å². The molecule has 1 heterocycles. The van der Waals surface area contributed by atoms with Crippen molar-refractivity contribution in [2.24, 2.45) is 12.2 Å². The van der Waals surface area contributed by atoms with E-state index in [1.807, 2.05) is 42.5 Å². The van der Waals surface area contributed by atoms with Crippen LogP contribution in [0.1, 0.15) is 21.6 Å². The first-order valence-electron chi connectivity index (χ1n) is 8.97. The number of aryl methyl sites for hydroxylation is 2. The molecule has 0 saturated heterocycles. The maximum absolute atomic E-state index is 14.2. The zero-order valence-corrected chi connectivity index (χ0v) is 16.2. The van der Waals surface area contributed by atoms with Gasteiger partial charge in [-0.3, -0.25) is 4.79 Å². The summed E-state index contributed by atoms with van der Waals surface area (Å²) in [5, 5.41) is 10.6. The minimum absolute atomic E-state index is 0.0617. The van der Waals surface area contributed by atoms with Gasteiger partial charge in [-0.15, -0.1) is 0 Å². The molecule has 0 aliphatic carbocycles. The summed E-state index contributed by atoms with van der Waals surface area (Å²) in [5.74, 6) is -1.21. The van der Waals surface area contributed by atoms with Gasteiger partial charge in [-0.2, -0.15) is 9.49 Å². The standard InChI is InChI=1S/C22H21FN4O2/c1-4-13-29-24-14-16-9-11-17(12-10-16)18-7-5-6-8-19(18)25-22(28)20-15(2)26-27(3)21(20)23/h4-12,14H,1,13H2,2-3H3,(H,25,28)/b24-14+. The SMILES string of the molecule is C=CCO/N=C/c1ccc(-c2ccccc2NC(=O)c2c(C)nn(C)c2F)cc1. The van der Waals surface area contributed by atoms with Gasteiger partial charge < -0.3 is 10.2 Å². The zero-order valence-electron chi connectivity index (χ0n) is 16.2. The predicted octanol–water partition coefficient (Wildman–Crippen LogP) is 4.32. The first-order chi connectivity index (χ1) is 14.0. The fourth-order valence-electron chi connectivity index (χ4n) is 2.86. The Morgan fingerprint density at radius 1 is 1.28 bits per heavy atom. The average Bonchev–Trinajstić information content (AvgIpc) is 2.98. The summed E-state index contributed by atoms with van der Waals surface area (Å²) >= 11 is 0. The fraction of sp³-hybridized carbons (Fsp3) is 0.136. The third-order valence-electron chi connectivity index (χ3n) is 4.24. The van der Waals surface area contributed by atoms with E-state index in [1.54, 1.807) is 25.3 Å². The van der Waals surface area contributed by atoms with Crippen LogP contribution >= 0.6 is 0 Å². The molecule has 7 heteroatoms. The van der Waals surface area contributed by atoms with Crippen LogP contribution in [0.15, 0.2) is 66.3 Å². The first kappa shape index (κ1) is 20.0. The summed E-state index contributed by atoms with van der Waals surface area (Å²) in [6, 6.07) is 14.9. The number of amides is 1. The van der Waals surface area contributed by atoms with Crippen LogP contribution in [0.2, 0.25) is 0 Å². The number of halogens is 1. The van der Waals surface area contributed by atoms with Gasteiger partial charge in [0.05, 0.1) is 11.9 Å². The lowest BCUT2D eigenvalue weighted by Crippen LogP contribution is -2.15. The second kappa shape index (κ2) is 8.97. The van der Waals surface area contributed by atoms with E-state index in [0.717, 1.165) is 21.4 Å². The molecule has 0 radical (unpaired) electrons. The van der Waals surface area contributed by atoms with Crippen LogP contribution in [0.25, 0.3) is 11.1 Å². The van der Waals surface area contributed by atoms with E-state index >= 15 is 0 Å². The van der Waals surface area contributed by atoms with E-state index in [0.29, 0.717) is 18.0 Å². The van der Waals surface area contributed by atoms with Crippen molar-refractivity contribution in [1.82, 2.24) is 9.78 Å². The lowest BCUT2D eigenvalue weighted by Gasteiger charge is -2.11. The molecular weight excluding hydrogens is 371 g/mol. The Balaban J connectivity index is 1.83. The Labute approximate surface area is 168 Å². The summed E-state index contributed by atoms with van der Waals surface area (Å²) in [6.07, 6.45) is 3.22. The quantitative estimate of drug-likeness (QED) is 0.282. The van der Waals surface area contributed by atoms with Gasteiger partial charge in [-0.1, -0.05) is 60.3 Å². The fourth-order valence-corrected chi connectivity index (χ4v) is 2.86. The van der Waals surface area contributed by atoms with Crippen LogP contribution in [0.5, 0.6) is 0 Å². The van der Waals surface area contributed by atoms with E-state index in [2.05, 4.69) is 22.2 Å². The Morgan fingerprint density at radius 3 is 2.66 bits per heavy atom. The van der Waals surface area contributed by atoms with Gasteiger partial charge in [0.2, 0.25) is 5.95 Å². The molecule has 0 unspecified atom stereocenters. The molecule has 1 aromatic heterocycles. The van der Waals surface area contributed by atoms with Crippen LogP contribution in [0.4, 0.5) is 10.1 Å². The number of anilines is 1. The smallest absolute Gasteiger partial charge is 0.262 e. The molecular formula is C22H21FN4O2. The zero-order chi connectivity index (χ0) is 20.8. The Hall–Kier alpha value is -3.74. The number of carbonyl (C=O) groups excluding carboxylic acids is 1. The van der Waals surface area contributed by atoms with Crippen molar-refractivity contribution in [2.75, 3.05) is 11.9 Å². The molecule has 148 valence electrons. The number of hydrogen-bond acceptors (Lipinski definition) is 4. The Morgan fingerprint density at radius 2 is 2.00 bits per heavy atom. The van der Waals surface area contributed by atoms with Crippen LogP contribution in [-0.2, 0) is 11.9 Å². The molecule has 29 heavy (non-hydrogen) atoms. The van der Waals surface area contributed by atoms with Crippen molar-refractivity contribution in [3.05, 3.63) is 84.0 Å². The van der Waals surface area contributed by atoms with E-state index in [1.165, 1.54) is 7.05 Å². The number of oxime groups is 1. The van der Waals surface area contributed by atoms with Crippen molar-refractivity contribution in [3.63, 3.8) is 0 Å². The van der Waals surface area contributed by atoms with Crippen molar-refractivity contribution in [1.29, 1.82) is 0 Å². The molecule has 3 aromatic rings. The van der Waals surface area contributed by atoms with Gasteiger partial charge in [0.1, 0.15) is 12.2 Å². The second-order valence-corrected chi connectivity index (χ2v) is 6.32. The van der Waals surface area contributed by atoms with E-state index in [4.69, 9.17) is 4.84 Å². The highest BCUT2D eigenvalue weighted by Crippen LogP contribution is 2.28. The summed E-state index contributed by atoms with van der Waals surface area (Å²) in [5.41, 5.74) is 3.43. The molecule has 0 saturated carbocycles. The number of para-hydroxylation sites is 1. The number of benzene rings is 2. The van der Waals surface area contributed by atoms with Crippen molar-refractivity contribution >= 4 is 17.8 Å². The molecule has 1 amide bonds. The number of aromatic nitrogens is 2. The van der Waals surface area contributed by atoms with Gasteiger partial charge >= 0.3 is 0 Å². The topological polar surface area (TPSA) is 68.5 Å². The maximum atomic E-state index is 14.2. The molecule has 0 atom stereocenters. The number of rotatable bonds is 7. The number of hydrogen-bond donors (Lipinski definition) is 1. The highest BCUT2D eigenvalue weighted by atomic mass is 19.1. The van der Waals surface area contributed by atoms with Gasteiger partial charge in [-0.05, 0) is 24.1 Å². The van der Waals surface area contributed by atoms with Crippen molar-refractivity contribution in [2.45, 2.75) is 6.92 Å². The molecule has 0 aliphatic heterocycles. The summed E-state index contributed by atoms with van der Waals surface area (Å²) < 4.78 is 15.3. The lowest BCUT2D eigenvalue weighted by atomic mass is 10.0. The summed E-state index contributed by atoms with van der Waals surface area (Å²) in [6.45, 7) is 5.50. The van der Waals surface area contributed by atoms with Crippen LogP contribution < -0.4 is 5.32 Å². The Bertz CT molecular complexity index is 1060. The third kappa shape index (κ3) is 4.57. The van der Waals surface area contributed by atoms with Crippen molar-refractivity contribution < 1.29 is 14.0 Å². The van der Waals surface area contributed by atoms with Gasteiger partial charge in [0.25, 0.3) is 5.91 Å². The van der Waals surface area contributed by atoms with Crippen LogP contribution in [0.3, 0.4) is 0 Å². The van der Waals surface area contributed by atoms with Gasteiger partial charge in [0.15, 0.2) is 0 Å². The summed E-state index contributed by atoms with van der Waals surface area (Å²) in [4.78, 5) is 17.6. The van der Waals surface area contributed by atoms with E-state index < -0.39 is 11.9 Å². The van der Waals surface area contributed by atoms with Gasteiger partial charge in [-0.25, -0.2) is 4.68 Å². The number of nitrogens with zero attached hydrogens (tertiary/aromatic N) is 3. The summed E-state index contributed by atoms with van der Waals surface area (Å²) in [7, 11) is 1.46. The molecule has 0 fully saturated rings. The van der Waals surface area contributed by atoms with E-state index in [-0.39, 0.29) is 5.56 Å². The molecule has 0 spiro atoms. The van der Waals surface area contributed by atoms with Crippen LogP contribution in [0, 0.1) is 12.9 Å². The minimum Gasteiger partial charge on any atom is -0.392 e. The monoisotopic (exact) mass is 392 g/mol. The van der Waals surface area contributed by atoms with Gasteiger partial charge in [0, 0.05) is 18.3 Å². The number of nitrogens with one attached hydrogen (secondary N) is 1. The normalized spacial score (nSPS) is 10.9. The molecule has 1 N–H and O–H groups in total.